The summed E-state index contributed by atoms with van der Waals surface area (Å²) in [5, 5.41) is 0.427. The Balaban J connectivity index is 2.90. The van der Waals surface area contributed by atoms with Crippen molar-refractivity contribution in [3.8, 4) is 0 Å². The molecule has 74 valence electrons. The molecule has 0 aliphatic heterocycles. The molecular weight excluding hydrogens is 168 g/mol. The Morgan fingerprint density at radius 3 is 2.08 bits per heavy atom. The molecule has 1 heteroatoms. The molecule has 0 rings (SSSR count). The molecule has 0 N–H and O–H groups in total. The molecule has 0 aliphatic rings. The molecule has 0 bridgehead atoms. The van der Waals surface area contributed by atoms with Crippen LogP contribution in [0.15, 0.2) is 0 Å². The van der Waals surface area contributed by atoms with E-state index in [2.05, 4.69) is 13.8 Å². The molecular formula is C11H23Cl. The highest BCUT2D eigenvalue weighted by atomic mass is 35.5. The van der Waals surface area contributed by atoms with Crippen LogP contribution in [0, 0.1) is 0 Å². The lowest BCUT2D eigenvalue weighted by atomic mass is 10.1. The van der Waals surface area contributed by atoms with E-state index in [0.717, 1.165) is 6.42 Å². The van der Waals surface area contributed by atoms with Gasteiger partial charge in [0.15, 0.2) is 0 Å². The largest absolute Gasteiger partial charge is 0.123 e. The number of hydrogen-bond donors (Lipinski definition) is 0. The van der Waals surface area contributed by atoms with Gasteiger partial charge in [0, 0.05) is 5.38 Å². The van der Waals surface area contributed by atoms with Gasteiger partial charge in [-0.2, -0.15) is 0 Å². The number of unbranched alkanes of at least 4 members (excludes halogenated alkanes) is 5. The SMILES string of the molecule is CCCCCCCCC(Cl)CC. The van der Waals surface area contributed by atoms with Crippen molar-refractivity contribution in [2.75, 3.05) is 0 Å². The van der Waals surface area contributed by atoms with Crippen LogP contribution in [-0.4, -0.2) is 5.38 Å². The molecule has 0 aromatic carbocycles. The molecule has 0 saturated carbocycles. The Bertz CT molecular complexity index is 81.1. The summed E-state index contributed by atoms with van der Waals surface area (Å²) in [5.74, 6) is 0. The predicted octanol–water partition coefficient (Wildman–Crippen LogP) is 4.75. The Morgan fingerprint density at radius 2 is 1.50 bits per heavy atom. The molecule has 0 saturated heterocycles. The van der Waals surface area contributed by atoms with Gasteiger partial charge >= 0.3 is 0 Å². The Kier molecular flexibility index (Phi) is 9.61. The molecule has 0 nitrogen and oxygen atoms in total. The van der Waals surface area contributed by atoms with Crippen LogP contribution in [0.4, 0.5) is 0 Å². The molecule has 12 heavy (non-hydrogen) atoms. The zero-order valence-corrected chi connectivity index (χ0v) is 9.37. The Labute approximate surface area is 82.7 Å². The van der Waals surface area contributed by atoms with E-state index >= 15 is 0 Å². The topological polar surface area (TPSA) is 0 Å². The van der Waals surface area contributed by atoms with Gasteiger partial charge in [0.2, 0.25) is 0 Å². The smallest absolute Gasteiger partial charge is 0.0333 e. The maximum absolute atomic E-state index is 6.01. The van der Waals surface area contributed by atoms with E-state index in [1.807, 2.05) is 0 Å². The summed E-state index contributed by atoms with van der Waals surface area (Å²) in [4.78, 5) is 0. The van der Waals surface area contributed by atoms with Crippen LogP contribution < -0.4 is 0 Å². The van der Waals surface area contributed by atoms with Crippen molar-refractivity contribution in [2.24, 2.45) is 0 Å². The highest BCUT2D eigenvalue weighted by molar-refractivity contribution is 6.20. The molecule has 0 aromatic heterocycles. The predicted molar refractivity (Wildman–Crippen MR) is 57.9 cm³/mol. The van der Waals surface area contributed by atoms with Gasteiger partial charge in [-0.3, -0.25) is 0 Å². The Hall–Kier alpha value is 0.290. The van der Waals surface area contributed by atoms with E-state index in [1.165, 1.54) is 44.9 Å². The molecule has 0 aliphatic carbocycles. The minimum absolute atomic E-state index is 0.427. The van der Waals surface area contributed by atoms with Crippen molar-refractivity contribution in [3.05, 3.63) is 0 Å². The molecule has 0 fully saturated rings. The summed E-state index contributed by atoms with van der Waals surface area (Å²) in [6.45, 7) is 4.42. The number of hydrogen-bond acceptors (Lipinski definition) is 0. The normalized spacial score (nSPS) is 13.2. The van der Waals surface area contributed by atoms with E-state index in [4.69, 9.17) is 11.6 Å². The van der Waals surface area contributed by atoms with Gasteiger partial charge in [-0.05, 0) is 12.8 Å². The van der Waals surface area contributed by atoms with Gasteiger partial charge < -0.3 is 0 Å². The third-order valence-corrected chi connectivity index (χ3v) is 2.84. The van der Waals surface area contributed by atoms with Crippen molar-refractivity contribution in [1.82, 2.24) is 0 Å². The zero-order chi connectivity index (χ0) is 9.23. The van der Waals surface area contributed by atoms with Crippen LogP contribution >= 0.6 is 11.6 Å². The summed E-state index contributed by atoms with van der Waals surface area (Å²) in [7, 11) is 0. The fourth-order valence-electron chi connectivity index (χ4n) is 1.35. The maximum atomic E-state index is 6.01. The van der Waals surface area contributed by atoms with Gasteiger partial charge in [-0.1, -0.05) is 52.4 Å². The van der Waals surface area contributed by atoms with E-state index in [0.29, 0.717) is 5.38 Å². The van der Waals surface area contributed by atoms with Gasteiger partial charge in [-0.25, -0.2) is 0 Å². The first-order valence-corrected chi connectivity index (χ1v) is 5.89. The van der Waals surface area contributed by atoms with Gasteiger partial charge in [0.25, 0.3) is 0 Å². The van der Waals surface area contributed by atoms with Crippen LogP contribution in [0.1, 0.15) is 65.2 Å². The second-order valence-corrected chi connectivity index (χ2v) is 4.18. The monoisotopic (exact) mass is 190 g/mol. The summed E-state index contributed by atoms with van der Waals surface area (Å²) in [6.07, 6.45) is 10.6. The van der Waals surface area contributed by atoms with Crippen molar-refractivity contribution < 1.29 is 0 Å². The first kappa shape index (κ1) is 12.3. The standard InChI is InChI=1S/C11H23Cl/c1-3-5-6-7-8-9-10-11(12)4-2/h11H,3-10H2,1-2H3. The van der Waals surface area contributed by atoms with Crippen LogP contribution in [0.5, 0.6) is 0 Å². The minimum atomic E-state index is 0.427. The van der Waals surface area contributed by atoms with Gasteiger partial charge in [0.1, 0.15) is 0 Å². The van der Waals surface area contributed by atoms with Crippen LogP contribution in [0.3, 0.4) is 0 Å². The molecule has 0 radical (unpaired) electrons. The third-order valence-electron chi connectivity index (χ3n) is 2.31. The van der Waals surface area contributed by atoms with Crippen molar-refractivity contribution in [2.45, 2.75) is 70.6 Å². The van der Waals surface area contributed by atoms with E-state index in [1.54, 1.807) is 0 Å². The van der Waals surface area contributed by atoms with Gasteiger partial charge in [-0.15, -0.1) is 11.6 Å². The van der Waals surface area contributed by atoms with Crippen LogP contribution in [0.25, 0.3) is 0 Å². The lowest BCUT2D eigenvalue weighted by Crippen LogP contribution is -1.94. The first-order chi connectivity index (χ1) is 5.81. The number of rotatable bonds is 8. The Morgan fingerprint density at radius 1 is 0.917 bits per heavy atom. The lowest BCUT2D eigenvalue weighted by Gasteiger charge is -2.05. The number of alkyl halides is 1. The van der Waals surface area contributed by atoms with E-state index in [-0.39, 0.29) is 0 Å². The van der Waals surface area contributed by atoms with Crippen LogP contribution in [0.2, 0.25) is 0 Å². The van der Waals surface area contributed by atoms with Crippen molar-refractivity contribution in [1.29, 1.82) is 0 Å². The molecule has 0 aromatic rings. The number of halogens is 1. The van der Waals surface area contributed by atoms with Crippen molar-refractivity contribution >= 4 is 11.6 Å². The quantitative estimate of drug-likeness (QED) is 0.383. The lowest BCUT2D eigenvalue weighted by molar-refractivity contribution is 0.575. The maximum Gasteiger partial charge on any atom is 0.0333 e. The van der Waals surface area contributed by atoms with Crippen LogP contribution in [-0.2, 0) is 0 Å². The van der Waals surface area contributed by atoms with E-state index < -0.39 is 0 Å². The fourth-order valence-corrected chi connectivity index (χ4v) is 1.50. The highest BCUT2D eigenvalue weighted by Crippen LogP contribution is 2.13. The summed E-state index contributed by atoms with van der Waals surface area (Å²) in [5.41, 5.74) is 0. The average molecular weight is 191 g/mol. The van der Waals surface area contributed by atoms with Crippen molar-refractivity contribution in [3.63, 3.8) is 0 Å². The molecule has 1 unspecified atom stereocenters. The van der Waals surface area contributed by atoms with E-state index in [9.17, 15) is 0 Å². The third kappa shape index (κ3) is 8.39. The first-order valence-electron chi connectivity index (χ1n) is 5.45. The average Bonchev–Trinajstić information content (AvgIpc) is 2.10. The summed E-state index contributed by atoms with van der Waals surface area (Å²) < 4.78 is 0. The molecule has 1 atom stereocenters. The highest BCUT2D eigenvalue weighted by Gasteiger charge is 1.99. The fraction of sp³-hybridized carbons (Fsp3) is 1.00. The summed E-state index contributed by atoms with van der Waals surface area (Å²) in [6, 6.07) is 0. The second-order valence-electron chi connectivity index (χ2n) is 3.56. The van der Waals surface area contributed by atoms with Gasteiger partial charge in [0.05, 0.1) is 0 Å². The minimum Gasteiger partial charge on any atom is -0.123 e. The zero-order valence-electron chi connectivity index (χ0n) is 8.61. The molecule has 0 heterocycles. The molecule has 0 spiro atoms. The second kappa shape index (κ2) is 9.38. The molecule has 0 amide bonds. The summed E-state index contributed by atoms with van der Waals surface area (Å²) >= 11 is 6.01.